The second-order valence-corrected chi connectivity index (χ2v) is 9.77. The van der Waals surface area contributed by atoms with Crippen molar-refractivity contribution in [3.63, 3.8) is 0 Å². The van der Waals surface area contributed by atoms with E-state index in [0.29, 0.717) is 16.3 Å². The largest absolute Gasteiger partial charge is 0.349 e. The Morgan fingerprint density at radius 1 is 0.829 bits per heavy atom. The number of aryl methyl sites for hydroxylation is 2. The lowest BCUT2D eigenvalue weighted by molar-refractivity contribution is -0.127. The molecular weight excluding hydrogens is 466 g/mol. The predicted molar refractivity (Wildman–Crippen MR) is 129 cm³/mol. The van der Waals surface area contributed by atoms with E-state index in [1.54, 1.807) is 54.6 Å². The lowest BCUT2D eigenvalue weighted by Crippen LogP contribution is -2.51. The average Bonchev–Trinajstić information content (AvgIpc) is 3.40. The van der Waals surface area contributed by atoms with Crippen LogP contribution in [0.15, 0.2) is 66.7 Å². The normalized spacial score (nSPS) is 24.4. The number of ether oxygens (including phenoxy) is 1. The van der Waals surface area contributed by atoms with Crippen LogP contribution in [-0.4, -0.2) is 29.0 Å². The molecule has 3 atom stereocenters. The molecule has 0 radical (unpaired) electrons. The first kappa shape index (κ1) is 21.9. The number of nitrogens with zero attached hydrogens (tertiary/aromatic N) is 1. The van der Waals surface area contributed by atoms with Crippen LogP contribution in [0.4, 0.5) is 5.69 Å². The van der Waals surface area contributed by atoms with Crippen LogP contribution in [0.25, 0.3) is 0 Å². The number of fused-ring (bicyclic) bond motifs is 3. The molecule has 3 aliphatic rings. The molecule has 0 N–H and O–H groups in total. The van der Waals surface area contributed by atoms with Gasteiger partial charge in [0, 0.05) is 16.1 Å². The van der Waals surface area contributed by atoms with Crippen LogP contribution in [0.1, 0.15) is 43.5 Å². The Morgan fingerprint density at radius 3 is 2.06 bits per heavy atom. The molecule has 2 fully saturated rings. The maximum absolute atomic E-state index is 14.0. The Hall–Kier alpha value is -3.61. The van der Waals surface area contributed by atoms with Crippen molar-refractivity contribution in [2.24, 2.45) is 11.8 Å². The van der Waals surface area contributed by atoms with Crippen LogP contribution in [0.2, 0.25) is 5.02 Å². The van der Waals surface area contributed by atoms with Gasteiger partial charge in [0.05, 0.1) is 23.6 Å². The minimum atomic E-state index is -2.08. The molecule has 2 saturated heterocycles. The lowest BCUT2D eigenvalue weighted by Gasteiger charge is -2.27. The van der Waals surface area contributed by atoms with Crippen molar-refractivity contribution in [1.82, 2.24) is 0 Å². The van der Waals surface area contributed by atoms with E-state index in [1.807, 2.05) is 26.0 Å². The first-order chi connectivity index (χ1) is 16.8. The number of anilines is 1. The van der Waals surface area contributed by atoms with Gasteiger partial charge in [-0.1, -0.05) is 65.7 Å². The van der Waals surface area contributed by atoms with Crippen LogP contribution in [0.3, 0.4) is 0 Å². The SMILES string of the molecule is Cc1ccc(N2C(=O)[C@@H]3[C@@H](c4ccc(Cl)cc4)OC4(C(=O)c5ccccc5C4=O)[C@@H]3C2=O)c(C)c1. The van der Waals surface area contributed by atoms with Crippen molar-refractivity contribution in [1.29, 1.82) is 0 Å². The molecule has 174 valence electrons. The van der Waals surface area contributed by atoms with Gasteiger partial charge in [-0.05, 0) is 43.2 Å². The zero-order chi connectivity index (χ0) is 24.6. The number of hydrogen-bond donors (Lipinski definition) is 0. The molecule has 3 aromatic rings. The highest BCUT2D eigenvalue weighted by Crippen LogP contribution is 2.57. The fourth-order valence-corrected chi connectivity index (χ4v) is 5.89. The Bertz CT molecular complexity index is 1430. The number of carbonyl (C=O) groups excluding carboxylic acids is 4. The summed E-state index contributed by atoms with van der Waals surface area (Å²) < 4.78 is 6.27. The summed E-state index contributed by atoms with van der Waals surface area (Å²) in [7, 11) is 0. The first-order valence-corrected chi connectivity index (χ1v) is 11.7. The Balaban J connectivity index is 1.55. The van der Waals surface area contributed by atoms with E-state index >= 15 is 0 Å². The summed E-state index contributed by atoms with van der Waals surface area (Å²) in [5, 5.41) is 0.490. The van der Waals surface area contributed by atoms with E-state index in [1.165, 1.54) is 0 Å². The minimum absolute atomic E-state index is 0.207. The van der Waals surface area contributed by atoms with Gasteiger partial charge in [-0.15, -0.1) is 0 Å². The molecular formula is C28H20ClNO5. The van der Waals surface area contributed by atoms with Crippen molar-refractivity contribution in [3.05, 3.63) is 99.6 Å². The fourth-order valence-electron chi connectivity index (χ4n) is 5.76. The molecule has 3 aromatic carbocycles. The highest BCUT2D eigenvalue weighted by Gasteiger charge is 2.74. The maximum atomic E-state index is 14.0. The lowest BCUT2D eigenvalue weighted by atomic mass is 9.77. The summed E-state index contributed by atoms with van der Waals surface area (Å²) in [6, 6.07) is 18.5. The van der Waals surface area contributed by atoms with Crippen molar-refractivity contribution in [3.8, 4) is 0 Å². The fraction of sp³-hybridized carbons (Fsp3) is 0.214. The van der Waals surface area contributed by atoms with Crippen LogP contribution in [0.5, 0.6) is 0 Å². The highest BCUT2D eigenvalue weighted by atomic mass is 35.5. The Morgan fingerprint density at radius 2 is 1.46 bits per heavy atom. The second-order valence-electron chi connectivity index (χ2n) is 9.33. The Labute approximate surface area is 206 Å². The summed E-state index contributed by atoms with van der Waals surface area (Å²) in [6.07, 6.45) is -0.966. The third-order valence-corrected chi connectivity index (χ3v) is 7.56. The topological polar surface area (TPSA) is 80.8 Å². The smallest absolute Gasteiger partial charge is 0.241 e. The number of imide groups is 1. The summed E-state index contributed by atoms with van der Waals surface area (Å²) in [5.41, 5.74) is 1.08. The van der Waals surface area contributed by atoms with Crippen molar-refractivity contribution in [2.45, 2.75) is 25.6 Å². The van der Waals surface area contributed by atoms with E-state index < -0.39 is 46.9 Å². The summed E-state index contributed by atoms with van der Waals surface area (Å²) in [6.45, 7) is 3.74. The summed E-state index contributed by atoms with van der Waals surface area (Å²) in [5.74, 6) is -4.55. The van der Waals surface area contributed by atoms with Gasteiger partial charge in [0.25, 0.3) is 0 Å². The van der Waals surface area contributed by atoms with Gasteiger partial charge in [-0.3, -0.25) is 19.2 Å². The van der Waals surface area contributed by atoms with Crippen LogP contribution in [-0.2, 0) is 14.3 Å². The standard InChI is InChI=1S/C28H20ClNO5/c1-14-7-12-20(15(2)13-14)30-26(33)21-22(27(30)34)28(35-23(21)16-8-10-17(29)11-9-16)24(31)18-5-3-4-6-19(18)25(28)32/h3-13,21-23H,1-2H3/t21-,22-,23+/m0/s1. The van der Waals surface area contributed by atoms with E-state index in [-0.39, 0.29) is 11.1 Å². The zero-order valence-electron chi connectivity index (χ0n) is 18.9. The monoisotopic (exact) mass is 485 g/mol. The molecule has 7 heteroatoms. The molecule has 0 unspecified atom stereocenters. The third-order valence-electron chi connectivity index (χ3n) is 7.31. The first-order valence-electron chi connectivity index (χ1n) is 11.3. The molecule has 2 amide bonds. The van der Waals surface area contributed by atoms with Gasteiger partial charge in [0.2, 0.25) is 29.0 Å². The number of amides is 2. The van der Waals surface area contributed by atoms with E-state index in [4.69, 9.17) is 16.3 Å². The molecule has 35 heavy (non-hydrogen) atoms. The van der Waals surface area contributed by atoms with Gasteiger partial charge in [-0.2, -0.15) is 0 Å². The molecule has 1 aliphatic carbocycles. The van der Waals surface area contributed by atoms with Crippen molar-refractivity contribution >= 4 is 40.7 Å². The number of ketones is 2. The number of Topliss-reactive ketones (excluding diaryl/α,β-unsaturated/α-hetero) is 2. The van der Waals surface area contributed by atoms with Gasteiger partial charge in [0.15, 0.2) is 0 Å². The number of rotatable bonds is 2. The molecule has 0 bridgehead atoms. The average molecular weight is 486 g/mol. The molecule has 6 rings (SSSR count). The number of carbonyl (C=O) groups is 4. The van der Waals surface area contributed by atoms with E-state index in [2.05, 4.69) is 0 Å². The highest BCUT2D eigenvalue weighted by molar-refractivity contribution is 6.37. The van der Waals surface area contributed by atoms with Crippen LogP contribution < -0.4 is 4.90 Å². The predicted octanol–water partition coefficient (Wildman–Crippen LogP) is 4.65. The second kappa shape index (κ2) is 7.44. The summed E-state index contributed by atoms with van der Waals surface area (Å²) in [4.78, 5) is 56.5. The minimum Gasteiger partial charge on any atom is -0.349 e. The molecule has 0 saturated carbocycles. The summed E-state index contributed by atoms with van der Waals surface area (Å²) >= 11 is 6.06. The molecule has 1 spiro atoms. The van der Waals surface area contributed by atoms with Crippen LogP contribution >= 0.6 is 11.6 Å². The quantitative estimate of drug-likeness (QED) is 0.390. The van der Waals surface area contributed by atoms with Crippen molar-refractivity contribution < 1.29 is 23.9 Å². The van der Waals surface area contributed by atoms with E-state index in [0.717, 1.165) is 16.0 Å². The third kappa shape index (κ3) is 2.81. The number of halogens is 1. The van der Waals surface area contributed by atoms with Crippen molar-refractivity contribution in [2.75, 3.05) is 4.90 Å². The zero-order valence-corrected chi connectivity index (χ0v) is 19.7. The molecule has 2 heterocycles. The molecule has 2 aliphatic heterocycles. The van der Waals surface area contributed by atoms with Gasteiger partial charge < -0.3 is 4.74 Å². The van der Waals surface area contributed by atoms with Gasteiger partial charge in [-0.25, -0.2) is 4.90 Å². The van der Waals surface area contributed by atoms with Gasteiger partial charge >= 0.3 is 0 Å². The Kier molecular flexibility index (Phi) is 4.66. The number of benzene rings is 3. The van der Waals surface area contributed by atoms with E-state index in [9.17, 15) is 19.2 Å². The number of hydrogen-bond acceptors (Lipinski definition) is 5. The van der Waals surface area contributed by atoms with Gasteiger partial charge in [0.1, 0.15) is 0 Å². The molecule has 0 aromatic heterocycles. The maximum Gasteiger partial charge on any atom is 0.241 e. The molecule has 6 nitrogen and oxygen atoms in total. The van der Waals surface area contributed by atoms with Crippen LogP contribution in [0, 0.1) is 25.7 Å².